The summed E-state index contributed by atoms with van der Waals surface area (Å²) in [6.07, 6.45) is 9.53. The van der Waals surface area contributed by atoms with Crippen molar-refractivity contribution in [2.24, 2.45) is 5.92 Å². The monoisotopic (exact) mass is 304 g/mol. The van der Waals surface area contributed by atoms with Crippen LogP contribution in [0.2, 0.25) is 0 Å². The van der Waals surface area contributed by atoms with E-state index in [0.29, 0.717) is 5.92 Å². The van der Waals surface area contributed by atoms with Crippen LogP contribution in [0, 0.1) is 17.2 Å². The Labute approximate surface area is 114 Å². The second-order valence-electron chi connectivity index (χ2n) is 4.78. The van der Waals surface area contributed by atoms with E-state index in [1.165, 1.54) is 0 Å². The average Bonchev–Trinajstić information content (AvgIpc) is 2.81. The number of rotatable bonds is 1. The largest absolute Gasteiger partial charge is 0.257 e. The van der Waals surface area contributed by atoms with E-state index in [1.54, 1.807) is 12.4 Å². The zero-order valence-electron chi connectivity index (χ0n) is 9.88. The molecule has 1 aliphatic rings. The molecule has 18 heavy (non-hydrogen) atoms. The van der Waals surface area contributed by atoms with Crippen LogP contribution in [-0.4, -0.2) is 14.6 Å². The number of hydrogen-bond donors (Lipinski definition) is 0. The number of halogens is 1. The van der Waals surface area contributed by atoms with Gasteiger partial charge in [0, 0.05) is 24.2 Å². The fourth-order valence-electron chi connectivity index (χ4n) is 2.73. The Hall–Kier alpha value is -1.41. The lowest BCUT2D eigenvalue weighted by Gasteiger charge is -2.24. The van der Waals surface area contributed by atoms with E-state index in [1.807, 2.05) is 10.7 Å². The van der Waals surface area contributed by atoms with Crippen LogP contribution >= 0.6 is 15.9 Å². The standard InChI is InChI=1S/C13H13BrN4/c14-11-8-17-18-6-5-16-12(13(11)18)10-3-1-9(7-15)2-4-10/h5-6,8-10H,1-4H2. The molecule has 0 N–H and O–H groups in total. The van der Waals surface area contributed by atoms with Gasteiger partial charge in [-0.15, -0.1) is 0 Å². The molecule has 0 amide bonds. The van der Waals surface area contributed by atoms with Crippen LogP contribution in [0.4, 0.5) is 0 Å². The van der Waals surface area contributed by atoms with Crippen molar-refractivity contribution in [2.45, 2.75) is 31.6 Å². The third-order valence-corrected chi connectivity index (χ3v) is 4.29. The summed E-state index contributed by atoms with van der Waals surface area (Å²) in [6.45, 7) is 0. The molecule has 4 nitrogen and oxygen atoms in total. The van der Waals surface area contributed by atoms with Gasteiger partial charge in [-0.05, 0) is 41.6 Å². The van der Waals surface area contributed by atoms with Crippen LogP contribution in [0.5, 0.6) is 0 Å². The molecule has 0 saturated heterocycles. The fraction of sp³-hybridized carbons (Fsp3) is 0.462. The molecule has 2 aromatic rings. The summed E-state index contributed by atoms with van der Waals surface area (Å²) in [5.41, 5.74) is 2.18. The molecule has 0 aliphatic heterocycles. The van der Waals surface area contributed by atoms with E-state index in [2.05, 4.69) is 32.1 Å². The highest BCUT2D eigenvalue weighted by atomic mass is 79.9. The van der Waals surface area contributed by atoms with Gasteiger partial charge in [-0.3, -0.25) is 4.98 Å². The molecule has 1 fully saturated rings. The molecule has 3 rings (SSSR count). The third-order valence-electron chi connectivity index (χ3n) is 3.71. The highest BCUT2D eigenvalue weighted by molar-refractivity contribution is 9.10. The van der Waals surface area contributed by atoms with Gasteiger partial charge in [0.1, 0.15) is 5.52 Å². The number of fused-ring (bicyclic) bond motifs is 1. The van der Waals surface area contributed by atoms with Gasteiger partial charge in [-0.2, -0.15) is 10.4 Å². The molecule has 0 aromatic carbocycles. The van der Waals surface area contributed by atoms with E-state index in [0.717, 1.165) is 41.4 Å². The highest BCUT2D eigenvalue weighted by Crippen LogP contribution is 2.37. The number of hydrogen-bond acceptors (Lipinski definition) is 3. The summed E-state index contributed by atoms with van der Waals surface area (Å²) in [4.78, 5) is 4.54. The highest BCUT2D eigenvalue weighted by Gasteiger charge is 2.25. The quantitative estimate of drug-likeness (QED) is 0.812. The summed E-state index contributed by atoms with van der Waals surface area (Å²) < 4.78 is 2.86. The second-order valence-corrected chi connectivity index (χ2v) is 5.63. The lowest BCUT2D eigenvalue weighted by molar-refractivity contribution is 0.378. The summed E-state index contributed by atoms with van der Waals surface area (Å²) in [5.74, 6) is 0.681. The molecule has 1 saturated carbocycles. The van der Waals surface area contributed by atoms with Crippen molar-refractivity contribution in [3.05, 3.63) is 28.8 Å². The first-order valence-corrected chi connectivity index (χ1v) is 6.96. The Kier molecular flexibility index (Phi) is 3.04. The van der Waals surface area contributed by atoms with Gasteiger partial charge in [0.05, 0.1) is 22.4 Å². The topological polar surface area (TPSA) is 54.0 Å². The van der Waals surface area contributed by atoms with Crippen molar-refractivity contribution in [3.63, 3.8) is 0 Å². The number of aromatic nitrogens is 3. The first-order valence-electron chi connectivity index (χ1n) is 6.17. The summed E-state index contributed by atoms with van der Waals surface area (Å²) in [5, 5.41) is 13.2. The van der Waals surface area contributed by atoms with Crippen molar-refractivity contribution in [3.8, 4) is 6.07 Å². The van der Waals surface area contributed by atoms with Gasteiger partial charge in [0.25, 0.3) is 0 Å². The molecule has 0 spiro atoms. The molecule has 0 unspecified atom stereocenters. The van der Waals surface area contributed by atoms with Gasteiger partial charge >= 0.3 is 0 Å². The van der Waals surface area contributed by atoms with Gasteiger partial charge < -0.3 is 0 Å². The zero-order chi connectivity index (χ0) is 12.5. The molecule has 0 radical (unpaired) electrons. The number of nitriles is 1. The third kappa shape index (κ3) is 1.91. The molecule has 1 aliphatic carbocycles. The number of nitrogens with zero attached hydrogens (tertiary/aromatic N) is 4. The zero-order valence-corrected chi connectivity index (χ0v) is 11.5. The van der Waals surface area contributed by atoms with Crippen LogP contribution in [0.1, 0.15) is 37.3 Å². The van der Waals surface area contributed by atoms with Crippen LogP contribution in [-0.2, 0) is 0 Å². The maximum atomic E-state index is 8.94. The van der Waals surface area contributed by atoms with Crippen LogP contribution in [0.3, 0.4) is 0 Å². The molecule has 0 atom stereocenters. The Morgan fingerprint density at radius 3 is 2.83 bits per heavy atom. The average molecular weight is 305 g/mol. The van der Waals surface area contributed by atoms with Crippen molar-refractivity contribution in [1.29, 1.82) is 5.26 Å². The minimum absolute atomic E-state index is 0.231. The Morgan fingerprint density at radius 1 is 1.33 bits per heavy atom. The van der Waals surface area contributed by atoms with Gasteiger partial charge in [-0.25, -0.2) is 4.52 Å². The predicted octanol–water partition coefficient (Wildman–Crippen LogP) is 3.29. The van der Waals surface area contributed by atoms with E-state index < -0.39 is 0 Å². The van der Waals surface area contributed by atoms with Crippen molar-refractivity contribution in [1.82, 2.24) is 14.6 Å². The predicted molar refractivity (Wildman–Crippen MR) is 71.0 cm³/mol. The van der Waals surface area contributed by atoms with Crippen molar-refractivity contribution < 1.29 is 0 Å². The van der Waals surface area contributed by atoms with Crippen LogP contribution < -0.4 is 0 Å². The molecular weight excluding hydrogens is 292 g/mol. The lowest BCUT2D eigenvalue weighted by atomic mass is 9.81. The second kappa shape index (κ2) is 4.69. The van der Waals surface area contributed by atoms with Gasteiger partial charge in [0.2, 0.25) is 0 Å². The smallest absolute Gasteiger partial charge is 0.102 e. The summed E-state index contributed by atoms with van der Waals surface area (Å²) in [7, 11) is 0. The van der Waals surface area contributed by atoms with Crippen LogP contribution in [0.15, 0.2) is 23.1 Å². The van der Waals surface area contributed by atoms with Gasteiger partial charge in [-0.1, -0.05) is 0 Å². The van der Waals surface area contributed by atoms with E-state index in [-0.39, 0.29) is 5.92 Å². The normalized spacial score (nSPS) is 24.0. The molecule has 2 heterocycles. The summed E-state index contributed by atoms with van der Waals surface area (Å²) in [6, 6.07) is 2.37. The van der Waals surface area contributed by atoms with Crippen molar-refractivity contribution in [2.75, 3.05) is 0 Å². The SMILES string of the molecule is N#CC1CCC(c2nccn3ncc(Br)c23)CC1. The maximum absolute atomic E-state index is 8.94. The van der Waals surface area contributed by atoms with E-state index >= 15 is 0 Å². The molecule has 5 heteroatoms. The maximum Gasteiger partial charge on any atom is 0.102 e. The Balaban J connectivity index is 1.96. The Morgan fingerprint density at radius 2 is 2.11 bits per heavy atom. The summed E-state index contributed by atoms with van der Waals surface area (Å²) >= 11 is 3.53. The minimum atomic E-state index is 0.231. The van der Waals surface area contributed by atoms with Crippen molar-refractivity contribution >= 4 is 21.4 Å². The van der Waals surface area contributed by atoms with Crippen LogP contribution in [0.25, 0.3) is 5.52 Å². The molecule has 92 valence electrons. The first-order chi connectivity index (χ1) is 8.79. The van der Waals surface area contributed by atoms with E-state index in [9.17, 15) is 0 Å². The minimum Gasteiger partial charge on any atom is -0.257 e. The molecular formula is C13H13BrN4. The van der Waals surface area contributed by atoms with E-state index in [4.69, 9.17) is 5.26 Å². The lowest BCUT2D eigenvalue weighted by Crippen LogP contribution is -2.14. The Bertz CT molecular complexity index is 605. The molecule has 0 bridgehead atoms. The first kappa shape index (κ1) is 11.7. The fourth-order valence-corrected chi connectivity index (χ4v) is 3.20. The van der Waals surface area contributed by atoms with Gasteiger partial charge in [0.15, 0.2) is 0 Å². The molecule has 2 aromatic heterocycles.